The van der Waals surface area contributed by atoms with Gasteiger partial charge in [0.1, 0.15) is 0 Å². The average Bonchev–Trinajstić information content (AvgIpc) is 1.85. The standard InChI is InChI=1S/C7H15ClO2/c1-5(2)3-7(10)6(8)4-9/h5-7,9-10H,3-4H2,1-2H3. The highest BCUT2D eigenvalue weighted by Crippen LogP contribution is 2.11. The Hall–Kier alpha value is 0.210. The molecule has 2 unspecified atom stereocenters. The van der Waals surface area contributed by atoms with Crippen molar-refractivity contribution in [2.75, 3.05) is 6.61 Å². The monoisotopic (exact) mass is 166 g/mol. The normalized spacial score (nSPS) is 17.4. The molecule has 0 aliphatic heterocycles. The maximum Gasteiger partial charge on any atom is 0.0825 e. The van der Waals surface area contributed by atoms with Crippen molar-refractivity contribution in [1.29, 1.82) is 0 Å². The molecule has 2 N–H and O–H groups in total. The Balaban J connectivity index is 3.50. The molecule has 0 rings (SSSR count). The van der Waals surface area contributed by atoms with Crippen molar-refractivity contribution in [2.24, 2.45) is 5.92 Å². The number of alkyl halides is 1. The van der Waals surface area contributed by atoms with Gasteiger partial charge in [-0.15, -0.1) is 11.6 Å². The highest BCUT2D eigenvalue weighted by atomic mass is 35.5. The van der Waals surface area contributed by atoms with E-state index in [-0.39, 0.29) is 6.61 Å². The Bertz CT molecular complexity index is 85.7. The van der Waals surface area contributed by atoms with E-state index in [0.29, 0.717) is 12.3 Å². The molecule has 62 valence electrons. The lowest BCUT2D eigenvalue weighted by Crippen LogP contribution is -2.25. The van der Waals surface area contributed by atoms with Gasteiger partial charge >= 0.3 is 0 Å². The molecule has 0 bridgehead atoms. The van der Waals surface area contributed by atoms with E-state index in [4.69, 9.17) is 16.7 Å². The first-order valence-corrected chi connectivity index (χ1v) is 3.94. The molecule has 0 aliphatic rings. The van der Waals surface area contributed by atoms with E-state index in [9.17, 15) is 5.11 Å². The molecule has 10 heavy (non-hydrogen) atoms. The van der Waals surface area contributed by atoms with Crippen molar-refractivity contribution in [3.63, 3.8) is 0 Å². The summed E-state index contributed by atoms with van der Waals surface area (Å²) < 4.78 is 0. The molecule has 0 aromatic heterocycles. The van der Waals surface area contributed by atoms with Gasteiger partial charge < -0.3 is 10.2 Å². The fraction of sp³-hybridized carbons (Fsp3) is 1.00. The number of aliphatic hydroxyl groups excluding tert-OH is 2. The van der Waals surface area contributed by atoms with Crippen LogP contribution in [0.4, 0.5) is 0 Å². The van der Waals surface area contributed by atoms with Gasteiger partial charge in [0.05, 0.1) is 18.1 Å². The van der Waals surface area contributed by atoms with E-state index < -0.39 is 11.5 Å². The second-order valence-electron chi connectivity index (χ2n) is 2.90. The molecule has 0 fully saturated rings. The van der Waals surface area contributed by atoms with Gasteiger partial charge in [-0.1, -0.05) is 13.8 Å². The Morgan fingerprint density at radius 2 is 1.90 bits per heavy atom. The lowest BCUT2D eigenvalue weighted by Gasteiger charge is -2.16. The third kappa shape index (κ3) is 4.09. The Morgan fingerprint density at radius 1 is 1.40 bits per heavy atom. The van der Waals surface area contributed by atoms with Gasteiger partial charge in [0.25, 0.3) is 0 Å². The summed E-state index contributed by atoms with van der Waals surface area (Å²) in [6, 6.07) is 0. The van der Waals surface area contributed by atoms with E-state index in [2.05, 4.69) is 0 Å². The van der Waals surface area contributed by atoms with Crippen LogP contribution in [-0.4, -0.2) is 28.3 Å². The smallest absolute Gasteiger partial charge is 0.0825 e. The number of rotatable bonds is 4. The fourth-order valence-corrected chi connectivity index (χ4v) is 0.855. The minimum atomic E-state index is -0.577. The van der Waals surface area contributed by atoms with Crippen LogP contribution in [0, 0.1) is 5.92 Å². The van der Waals surface area contributed by atoms with Crippen LogP contribution >= 0.6 is 11.6 Å². The van der Waals surface area contributed by atoms with Crippen LogP contribution in [0.25, 0.3) is 0 Å². The van der Waals surface area contributed by atoms with Gasteiger partial charge in [-0.3, -0.25) is 0 Å². The summed E-state index contributed by atoms with van der Waals surface area (Å²) in [5.74, 6) is 0.419. The van der Waals surface area contributed by atoms with Crippen molar-refractivity contribution in [3.05, 3.63) is 0 Å². The van der Waals surface area contributed by atoms with Crippen molar-refractivity contribution in [3.8, 4) is 0 Å². The van der Waals surface area contributed by atoms with Crippen LogP contribution in [-0.2, 0) is 0 Å². The van der Waals surface area contributed by atoms with E-state index in [0.717, 1.165) is 0 Å². The zero-order chi connectivity index (χ0) is 8.15. The summed E-state index contributed by atoms with van der Waals surface area (Å²) in [4.78, 5) is 0. The van der Waals surface area contributed by atoms with Crippen molar-refractivity contribution in [2.45, 2.75) is 31.7 Å². The molecule has 0 saturated carbocycles. The second-order valence-corrected chi connectivity index (χ2v) is 3.46. The summed E-state index contributed by atoms with van der Waals surface area (Å²) in [5.41, 5.74) is 0. The molecule has 0 saturated heterocycles. The van der Waals surface area contributed by atoms with E-state index in [1.54, 1.807) is 0 Å². The second kappa shape index (κ2) is 4.94. The zero-order valence-electron chi connectivity index (χ0n) is 6.42. The third-order valence-corrected chi connectivity index (χ3v) is 1.73. The number of hydrogen-bond acceptors (Lipinski definition) is 2. The van der Waals surface area contributed by atoms with Crippen molar-refractivity contribution < 1.29 is 10.2 Å². The van der Waals surface area contributed by atoms with Crippen molar-refractivity contribution in [1.82, 2.24) is 0 Å². The van der Waals surface area contributed by atoms with Crippen LogP contribution < -0.4 is 0 Å². The van der Waals surface area contributed by atoms with Crippen molar-refractivity contribution >= 4 is 11.6 Å². The fourth-order valence-electron chi connectivity index (χ4n) is 0.752. The molecule has 0 aromatic rings. The number of aliphatic hydroxyl groups is 2. The van der Waals surface area contributed by atoms with Crippen LogP contribution in [0.5, 0.6) is 0 Å². The highest BCUT2D eigenvalue weighted by Gasteiger charge is 2.15. The summed E-state index contributed by atoms with van der Waals surface area (Å²) in [7, 11) is 0. The molecule has 3 heteroatoms. The van der Waals surface area contributed by atoms with E-state index in [1.165, 1.54) is 0 Å². The first-order chi connectivity index (χ1) is 4.57. The molecule has 0 radical (unpaired) electrons. The Labute approximate surface area is 66.8 Å². The molecular weight excluding hydrogens is 152 g/mol. The minimum absolute atomic E-state index is 0.157. The van der Waals surface area contributed by atoms with E-state index in [1.807, 2.05) is 13.8 Å². The average molecular weight is 167 g/mol. The maximum absolute atomic E-state index is 9.20. The van der Waals surface area contributed by atoms with Crippen LogP contribution in [0.1, 0.15) is 20.3 Å². The van der Waals surface area contributed by atoms with Gasteiger partial charge in [0.2, 0.25) is 0 Å². The molecule has 2 atom stereocenters. The zero-order valence-corrected chi connectivity index (χ0v) is 7.17. The van der Waals surface area contributed by atoms with Gasteiger partial charge in [0, 0.05) is 0 Å². The molecule has 0 aliphatic carbocycles. The summed E-state index contributed by atoms with van der Waals surface area (Å²) >= 11 is 5.56. The third-order valence-electron chi connectivity index (χ3n) is 1.30. The van der Waals surface area contributed by atoms with Gasteiger partial charge in [-0.25, -0.2) is 0 Å². The predicted molar refractivity (Wildman–Crippen MR) is 42.2 cm³/mol. The number of halogens is 1. The van der Waals surface area contributed by atoms with Gasteiger partial charge in [0.15, 0.2) is 0 Å². The molecule has 2 nitrogen and oxygen atoms in total. The van der Waals surface area contributed by atoms with Crippen LogP contribution in [0.2, 0.25) is 0 Å². The summed E-state index contributed by atoms with van der Waals surface area (Å²) in [6.07, 6.45) is 0.0704. The summed E-state index contributed by atoms with van der Waals surface area (Å²) in [6.45, 7) is 3.85. The Morgan fingerprint density at radius 3 is 2.20 bits per heavy atom. The predicted octanol–water partition coefficient (Wildman–Crippen LogP) is 0.993. The highest BCUT2D eigenvalue weighted by molar-refractivity contribution is 6.21. The summed E-state index contributed by atoms with van der Waals surface area (Å²) in [5, 5.41) is 17.2. The largest absolute Gasteiger partial charge is 0.395 e. The molecular formula is C7H15ClO2. The molecule has 0 aromatic carbocycles. The maximum atomic E-state index is 9.20. The first kappa shape index (κ1) is 10.2. The minimum Gasteiger partial charge on any atom is -0.395 e. The van der Waals surface area contributed by atoms with Gasteiger partial charge in [-0.05, 0) is 12.3 Å². The first-order valence-electron chi connectivity index (χ1n) is 3.51. The molecule has 0 amide bonds. The topological polar surface area (TPSA) is 40.5 Å². The quantitative estimate of drug-likeness (QED) is 0.612. The van der Waals surface area contributed by atoms with Crippen LogP contribution in [0.15, 0.2) is 0 Å². The van der Waals surface area contributed by atoms with Gasteiger partial charge in [-0.2, -0.15) is 0 Å². The molecule has 0 heterocycles. The lowest BCUT2D eigenvalue weighted by atomic mass is 10.0. The SMILES string of the molecule is CC(C)CC(O)C(Cl)CO. The molecule has 0 spiro atoms. The number of hydrogen-bond donors (Lipinski definition) is 2. The van der Waals surface area contributed by atoms with E-state index >= 15 is 0 Å². The lowest BCUT2D eigenvalue weighted by molar-refractivity contribution is 0.118. The van der Waals surface area contributed by atoms with Crippen LogP contribution in [0.3, 0.4) is 0 Å². The Kier molecular flexibility index (Phi) is 5.04.